The molecule has 218 valence electrons. The molecule has 0 aliphatic carbocycles. The maximum atomic E-state index is 13.6. The van der Waals surface area contributed by atoms with Crippen molar-refractivity contribution in [3.05, 3.63) is 75.7 Å². The number of rotatable bonds is 12. The van der Waals surface area contributed by atoms with Crippen molar-refractivity contribution in [3.63, 3.8) is 0 Å². The lowest BCUT2D eigenvalue weighted by atomic mass is 10.1. The van der Waals surface area contributed by atoms with Gasteiger partial charge in [0.25, 0.3) is 11.5 Å². The van der Waals surface area contributed by atoms with Crippen LogP contribution in [0.1, 0.15) is 62.5 Å². The molecule has 0 unspecified atom stereocenters. The molecule has 0 saturated carbocycles. The van der Waals surface area contributed by atoms with E-state index in [9.17, 15) is 14.4 Å². The number of nitrogens with one attached hydrogen (secondary N) is 4. The SMILES string of the molecule is CC[C@H](C)NC(=O)c1cc(N)cc(-c2cnc(N[C@H](C)C(C)C)c(=O)n2CC(=O)NCc2ccc(C(=N)N)cc2)c1. The van der Waals surface area contributed by atoms with Gasteiger partial charge < -0.3 is 27.4 Å². The molecular weight excluding hydrogens is 520 g/mol. The third-order valence-electron chi connectivity index (χ3n) is 6.98. The van der Waals surface area contributed by atoms with Crippen LogP contribution in [0, 0.1) is 11.3 Å². The average Bonchev–Trinajstić information content (AvgIpc) is 2.93. The number of amidine groups is 1. The van der Waals surface area contributed by atoms with Gasteiger partial charge in [-0.05, 0) is 49.9 Å². The summed E-state index contributed by atoms with van der Waals surface area (Å²) in [6.45, 7) is 9.83. The minimum Gasteiger partial charge on any atom is -0.399 e. The van der Waals surface area contributed by atoms with E-state index in [1.807, 2.05) is 34.6 Å². The van der Waals surface area contributed by atoms with Gasteiger partial charge in [-0.2, -0.15) is 0 Å². The van der Waals surface area contributed by atoms with Crippen LogP contribution in [0.25, 0.3) is 11.3 Å². The molecule has 0 fully saturated rings. The molecule has 0 aliphatic heterocycles. The normalized spacial score (nSPS) is 12.4. The van der Waals surface area contributed by atoms with Crippen molar-refractivity contribution < 1.29 is 9.59 Å². The Labute approximate surface area is 240 Å². The zero-order chi connectivity index (χ0) is 30.3. The summed E-state index contributed by atoms with van der Waals surface area (Å²) in [6, 6.07) is 11.7. The highest BCUT2D eigenvalue weighted by Gasteiger charge is 2.19. The summed E-state index contributed by atoms with van der Waals surface area (Å²) in [7, 11) is 0. The van der Waals surface area contributed by atoms with Gasteiger partial charge in [0.15, 0.2) is 5.82 Å². The van der Waals surface area contributed by atoms with Crippen LogP contribution in [0.15, 0.2) is 53.5 Å². The topological polar surface area (TPSA) is 181 Å². The Bertz CT molecular complexity index is 1460. The summed E-state index contributed by atoms with van der Waals surface area (Å²) in [5.74, 6) is -0.351. The van der Waals surface area contributed by atoms with Crippen LogP contribution in [0.5, 0.6) is 0 Å². The Morgan fingerprint density at radius 3 is 2.34 bits per heavy atom. The molecule has 1 heterocycles. The minimum atomic E-state index is -0.469. The number of hydrogen-bond acceptors (Lipinski definition) is 7. The Kier molecular flexibility index (Phi) is 10.2. The van der Waals surface area contributed by atoms with Crippen molar-refractivity contribution in [2.24, 2.45) is 11.7 Å². The number of nitrogens with two attached hydrogens (primary N) is 2. The minimum absolute atomic E-state index is 0.0251. The van der Waals surface area contributed by atoms with Crippen molar-refractivity contribution in [3.8, 4) is 11.3 Å². The number of nitrogen functional groups attached to an aromatic ring is 2. The van der Waals surface area contributed by atoms with Crippen LogP contribution in [0.4, 0.5) is 11.5 Å². The van der Waals surface area contributed by atoms with Gasteiger partial charge in [0.05, 0.1) is 11.9 Å². The summed E-state index contributed by atoms with van der Waals surface area (Å²) in [6.07, 6.45) is 2.28. The van der Waals surface area contributed by atoms with E-state index in [2.05, 4.69) is 20.9 Å². The van der Waals surface area contributed by atoms with Crippen molar-refractivity contribution in [1.29, 1.82) is 5.41 Å². The second-order valence-electron chi connectivity index (χ2n) is 10.6. The van der Waals surface area contributed by atoms with Crippen LogP contribution < -0.4 is 33.0 Å². The van der Waals surface area contributed by atoms with E-state index >= 15 is 0 Å². The first kappa shape index (κ1) is 30.9. The molecule has 2 aromatic carbocycles. The van der Waals surface area contributed by atoms with Crippen LogP contribution >= 0.6 is 0 Å². The fourth-order valence-corrected chi connectivity index (χ4v) is 3.90. The quantitative estimate of drug-likeness (QED) is 0.112. The number of carbonyl (C=O) groups excluding carboxylic acids is 2. The molecular formula is C30H40N8O3. The lowest BCUT2D eigenvalue weighted by Gasteiger charge is -2.20. The van der Waals surface area contributed by atoms with Crippen molar-refractivity contribution >= 4 is 29.2 Å². The predicted octanol–water partition coefficient (Wildman–Crippen LogP) is 3.08. The van der Waals surface area contributed by atoms with E-state index in [0.717, 1.165) is 12.0 Å². The molecule has 0 bridgehead atoms. The van der Waals surface area contributed by atoms with E-state index < -0.39 is 11.5 Å². The molecule has 0 aliphatic rings. The first-order valence-corrected chi connectivity index (χ1v) is 13.7. The molecule has 0 radical (unpaired) electrons. The molecule has 11 heteroatoms. The van der Waals surface area contributed by atoms with Gasteiger partial charge in [0.1, 0.15) is 12.4 Å². The Morgan fingerprint density at radius 1 is 1.05 bits per heavy atom. The van der Waals surface area contributed by atoms with Crippen LogP contribution in [0.2, 0.25) is 0 Å². The molecule has 3 aromatic rings. The maximum Gasteiger partial charge on any atom is 0.294 e. The van der Waals surface area contributed by atoms with Crippen LogP contribution in [-0.4, -0.2) is 39.3 Å². The van der Waals surface area contributed by atoms with Gasteiger partial charge in [-0.15, -0.1) is 0 Å². The first-order chi connectivity index (χ1) is 19.4. The Morgan fingerprint density at radius 2 is 1.73 bits per heavy atom. The van der Waals surface area contributed by atoms with Crippen molar-refractivity contribution in [2.45, 2.75) is 66.2 Å². The highest BCUT2D eigenvalue weighted by atomic mass is 16.2. The van der Waals surface area contributed by atoms with Gasteiger partial charge >= 0.3 is 0 Å². The third kappa shape index (κ3) is 8.17. The summed E-state index contributed by atoms with van der Waals surface area (Å²) < 4.78 is 1.34. The number of nitrogens with zero attached hydrogens (tertiary/aromatic N) is 2. The zero-order valence-corrected chi connectivity index (χ0v) is 24.2. The maximum absolute atomic E-state index is 13.6. The molecule has 8 N–H and O–H groups in total. The molecule has 2 atom stereocenters. The lowest BCUT2D eigenvalue weighted by molar-refractivity contribution is -0.121. The highest BCUT2D eigenvalue weighted by molar-refractivity contribution is 5.97. The van der Waals surface area contributed by atoms with E-state index in [1.54, 1.807) is 42.5 Å². The first-order valence-electron chi connectivity index (χ1n) is 13.7. The number of benzene rings is 2. The Hall–Kier alpha value is -4.67. The molecule has 2 amide bonds. The summed E-state index contributed by atoms with van der Waals surface area (Å²) >= 11 is 0. The smallest absolute Gasteiger partial charge is 0.294 e. The molecule has 3 rings (SSSR count). The van der Waals surface area contributed by atoms with Crippen molar-refractivity contribution in [2.75, 3.05) is 11.1 Å². The van der Waals surface area contributed by atoms with Gasteiger partial charge in [0.2, 0.25) is 5.91 Å². The third-order valence-corrected chi connectivity index (χ3v) is 6.98. The fraction of sp³-hybridized carbons (Fsp3) is 0.367. The van der Waals surface area contributed by atoms with Gasteiger partial charge in [-0.3, -0.25) is 24.4 Å². The predicted molar refractivity (Wildman–Crippen MR) is 163 cm³/mol. The second-order valence-corrected chi connectivity index (χ2v) is 10.6. The number of carbonyl (C=O) groups is 2. The average molecular weight is 561 g/mol. The van der Waals surface area contributed by atoms with Crippen molar-refractivity contribution in [1.82, 2.24) is 20.2 Å². The van der Waals surface area contributed by atoms with Crippen LogP contribution in [-0.2, 0) is 17.9 Å². The largest absolute Gasteiger partial charge is 0.399 e. The standard InChI is InChI=1S/C30H40N8O3/c1-6-18(4)36-29(40)23-11-22(12-24(31)13-23)25-15-35-28(37-19(5)17(2)3)30(41)38(25)16-26(39)34-14-20-7-9-21(10-8-20)27(32)33/h7-13,15,17-19H,6,14,16,31H2,1-5H3,(H3,32,33)(H,34,39)(H,35,37)(H,36,40)/t18-,19+/m0/s1. The van der Waals surface area contributed by atoms with E-state index in [4.69, 9.17) is 16.9 Å². The monoisotopic (exact) mass is 560 g/mol. The second kappa shape index (κ2) is 13.6. The Balaban J connectivity index is 1.96. The number of aromatic nitrogens is 2. The number of anilines is 2. The lowest BCUT2D eigenvalue weighted by Crippen LogP contribution is -2.36. The van der Waals surface area contributed by atoms with Gasteiger partial charge in [0, 0.05) is 41.0 Å². The number of amides is 2. The van der Waals surface area contributed by atoms with Gasteiger partial charge in [-0.25, -0.2) is 4.98 Å². The molecule has 0 saturated heterocycles. The summed E-state index contributed by atoms with van der Waals surface area (Å²) in [4.78, 5) is 44.0. The van der Waals surface area contributed by atoms with E-state index in [0.29, 0.717) is 28.1 Å². The summed E-state index contributed by atoms with van der Waals surface area (Å²) in [5.41, 5.74) is 14.1. The van der Waals surface area contributed by atoms with E-state index in [-0.39, 0.29) is 48.7 Å². The van der Waals surface area contributed by atoms with Crippen LogP contribution in [0.3, 0.4) is 0 Å². The molecule has 1 aromatic heterocycles. The zero-order valence-electron chi connectivity index (χ0n) is 24.2. The number of hydrogen-bond donors (Lipinski definition) is 6. The molecule has 0 spiro atoms. The summed E-state index contributed by atoms with van der Waals surface area (Å²) in [5, 5.41) is 16.4. The fourth-order valence-electron chi connectivity index (χ4n) is 3.90. The van der Waals surface area contributed by atoms with Gasteiger partial charge in [-0.1, -0.05) is 45.0 Å². The van der Waals surface area contributed by atoms with E-state index in [1.165, 1.54) is 10.8 Å². The molecule has 11 nitrogen and oxygen atoms in total. The molecule has 41 heavy (non-hydrogen) atoms. The highest BCUT2D eigenvalue weighted by Crippen LogP contribution is 2.24.